The van der Waals surface area contributed by atoms with Gasteiger partial charge in [0.1, 0.15) is 11.5 Å². The highest BCUT2D eigenvalue weighted by atomic mass is 16.5. The van der Waals surface area contributed by atoms with Crippen molar-refractivity contribution in [2.75, 3.05) is 7.11 Å². The van der Waals surface area contributed by atoms with Gasteiger partial charge < -0.3 is 20.1 Å². The Kier molecular flexibility index (Phi) is 5.97. The molecule has 1 heterocycles. The van der Waals surface area contributed by atoms with Crippen molar-refractivity contribution in [3.05, 3.63) is 70.5 Å². The van der Waals surface area contributed by atoms with Crippen LogP contribution in [0.3, 0.4) is 0 Å². The average molecular weight is 392 g/mol. The number of carbonyl (C=O) groups excluding carboxylic acids is 1. The summed E-state index contributed by atoms with van der Waals surface area (Å²) in [5.74, 6) is 0.660. The maximum Gasteiger partial charge on any atom is 0.251 e. The van der Waals surface area contributed by atoms with Gasteiger partial charge in [0.25, 0.3) is 5.91 Å². The summed E-state index contributed by atoms with van der Waals surface area (Å²) in [5, 5.41) is 9.49. The molecule has 0 unspecified atom stereocenters. The number of ether oxygens (including phenoxy) is 1. The Morgan fingerprint density at radius 2 is 1.83 bits per heavy atom. The lowest BCUT2D eigenvalue weighted by Gasteiger charge is -2.13. The molecule has 152 valence electrons. The Balaban J connectivity index is 2.08. The first-order valence-electron chi connectivity index (χ1n) is 9.82. The number of carbonyl (C=O) groups is 1. The first-order chi connectivity index (χ1) is 13.9. The molecule has 0 aliphatic rings. The number of aromatic hydroxyl groups is 1. The maximum atomic E-state index is 12.4. The molecule has 0 bridgehead atoms. The Morgan fingerprint density at radius 3 is 2.38 bits per heavy atom. The Bertz CT molecular complexity index is 1030. The highest BCUT2D eigenvalue weighted by Crippen LogP contribution is 2.35. The minimum atomic E-state index is -0.413. The van der Waals surface area contributed by atoms with Gasteiger partial charge in [-0.1, -0.05) is 25.1 Å². The van der Waals surface area contributed by atoms with Crippen LogP contribution in [0.25, 0.3) is 11.1 Å². The van der Waals surface area contributed by atoms with Crippen molar-refractivity contribution < 1.29 is 14.6 Å². The van der Waals surface area contributed by atoms with Crippen LogP contribution in [-0.4, -0.2) is 22.7 Å². The molecule has 0 saturated carbocycles. The van der Waals surface area contributed by atoms with Crippen molar-refractivity contribution in [1.29, 1.82) is 0 Å². The highest BCUT2D eigenvalue weighted by Gasteiger charge is 2.24. The van der Waals surface area contributed by atoms with E-state index in [9.17, 15) is 9.90 Å². The molecule has 3 aromatic rings. The first-order valence-corrected chi connectivity index (χ1v) is 9.82. The molecule has 0 fully saturated rings. The van der Waals surface area contributed by atoms with Crippen molar-refractivity contribution in [2.24, 2.45) is 5.73 Å². The van der Waals surface area contributed by atoms with Crippen LogP contribution in [0.4, 0.5) is 0 Å². The van der Waals surface area contributed by atoms with Gasteiger partial charge >= 0.3 is 0 Å². The number of hydrogen-bond donors (Lipinski definition) is 2. The summed E-state index contributed by atoms with van der Waals surface area (Å²) in [6, 6.07) is 13.2. The van der Waals surface area contributed by atoms with Crippen LogP contribution < -0.4 is 10.5 Å². The summed E-state index contributed by atoms with van der Waals surface area (Å²) < 4.78 is 7.58. The molecule has 0 radical (unpaired) electrons. The normalized spacial score (nSPS) is 10.9. The van der Waals surface area contributed by atoms with E-state index in [2.05, 4.69) is 11.5 Å². The summed E-state index contributed by atoms with van der Waals surface area (Å²) in [6.07, 6.45) is 1.58. The largest absolute Gasteiger partial charge is 0.508 e. The van der Waals surface area contributed by atoms with Crippen LogP contribution >= 0.6 is 0 Å². The smallest absolute Gasteiger partial charge is 0.251 e. The molecule has 2 aromatic carbocycles. The summed E-state index contributed by atoms with van der Waals surface area (Å²) in [6.45, 7) is 6.77. The second-order valence-corrected chi connectivity index (χ2v) is 7.25. The standard InChI is InChI=1S/C24H28N2O3/c1-5-20-23(18-8-11-21(29-4)15(2)14-18)22(24(25)28)16(3)26(20)13-12-17-6-9-19(27)10-7-17/h6-11,14,27H,5,12-13H2,1-4H3,(H2,25,28). The lowest BCUT2D eigenvalue weighted by Crippen LogP contribution is -2.14. The van der Waals surface area contributed by atoms with Crippen molar-refractivity contribution in [2.45, 2.75) is 40.2 Å². The van der Waals surface area contributed by atoms with E-state index in [0.717, 1.165) is 58.8 Å². The number of methoxy groups -OCH3 is 1. The molecule has 3 rings (SSSR count). The summed E-state index contributed by atoms with van der Waals surface area (Å²) in [4.78, 5) is 12.4. The number of rotatable bonds is 7. The lowest BCUT2D eigenvalue weighted by atomic mass is 9.97. The SMILES string of the molecule is CCc1c(-c2ccc(OC)c(C)c2)c(C(N)=O)c(C)n1CCc1ccc(O)cc1. The molecule has 1 aromatic heterocycles. The summed E-state index contributed by atoms with van der Waals surface area (Å²) in [5.41, 5.74) is 12.4. The van der Waals surface area contributed by atoms with Crippen LogP contribution in [0.1, 0.15) is 39.8 Å². The molecule has 5 nitrogen and oxygen atoms in total. The van der Waals surface area contributed by atoms with Crippen LogP contribution in [0, 0.1) is 13.8 Å². The van der Waals surface area contributed by atoms with Gasteiger partial charge in [0.05, 0.1) is 12.7 Å². The summed E-state index contributed by atoms with van der Waals surface area (Å²) >= 11 is 0. The number of hydrogen-bond acceptors (Lipinski definition) is 3. The van der Waals surface area contributed by atoms with E-state index in [0.29, 0.717) is 5.56 Å². The minimum Gasteiger partial charge on any atom is -0.508 e. The van der Waals surface area contributed by atoms with E-state index in [4.69, 9.17) is 10.5 Å². The van der Waals surface area contributed by atoms with Gasteiger partial charge in [-0.2, -0.15) is 0 Å². The topological polar surface area (TPSA) is 77.5 Å². The monoisotopic (exact) mass is 392 g/mol. The van der Waals surface area contributed by atoms with Crippen LogP contribution in [0.5, 0.6) is 11.5 Å². The van der Waals surface area contributed by atoms with E-state index >= 15 is 0 Å². The molecule has 29 heavy (non-hydrogen) atoms. The molecule has 0 aliphatic carbocycles. The van der Waals surface area contributed by atoms with Gasteiger partial charge in [-0.25, -0.2) is 0 Å². The fourth-order valence-electron chi connectivity index (χ4n) is 4.02. The highest BCUT2D eigenvalue weighted by molar-refractivity contribution is 6.02. The lowest BCUT2D eigenvalue weighted by molar-refractivity contribution is 0.1000. The predicted octanol–water partition coefficient (Wildman–Crippen LogP) is 4.39. The number of primary amides is 1. The van der Waals surface area contributed by atoms with Crippen molar-refractivity contribution >= 4 is 5.91 Å². The Hall–Kier alpha value is -3.21. The fourth-order valence-corrected chi connectivity index (χ4v) is 4.02. The number of nitrogens with zero attached hydrogens (tertiary/aromatic N) is 1. The van der Waals surface area contributed by atoms with Crippen molar-refractivity contribution in [3.8, 4) is 22.6 Å². The Labute approximate surface area is 171 Å². The van der Waals surface area contributed by atoms with E-state index in [1.54, 1.807) is 19.2 Å². The maximum absolute atomic E-state index is 12.4. The van der Waals surface area contributed by atoms with E-state index in [1.165, 1.54) is 0 Å². The van der Waals surface area contributed by atoms with Gasteiger partial charge in [-0.05, 0) is 67.6 Å². The molecule has 1 amide bonds. The van der Waals surface area contributed by atoms with E-state index < -0.39 is 5.91 Å². The van der Waals surface area contributed by atoms with Gasteiger partial charge in [0, 0.05) is 23.5 Å². The number of aryl methyl sites for hydroxylation is 2. The average Bonchev–Trinajstić information content (AvgIpc) is 2.99. The number of nitrogens with two attached hydrogens (primary N) is 1. The molecule has 0 spiro atoms. The first kappa shape index (κ1) is 20.5. The number of phenolic OH excluding ortho intramolecular Hbond substituents is 1. The van der Waals surface area contributed by atoms with Crippen molar-refractivity contribution in [3.63, 3.8) is 0 Å². The van der Waals surface area contributed by atoms with Crippen LogP contribution in [0.15, 0.2) is 42.5 Å². The number of benzene rings is 2. The molecule has 3 N–H and O–H groups in total. The van der Waals surface area contributed by atoms with E-state index in [-0.39, 0.29) is 5.75 Å². The number of phenols is 1. The van der Waals surface area contributed by atoms with Crippen molar-refractivity contribution in [1.82, 2.24) is 4.57 Å². The van der Waals surface area contributed by atoms with Gasteiger partial charge in [0.2, 0.25) is 0 Å². The molecule has 0 saturated heterocycles. The zero-order valence-corrected chi connectivity index (χ0v) is 17.5. The second kappa shape index (κ2) is 8.43. The Morgan fingerprint density at radius 1 is 1.14 bits per heavy atom. The van der Waals surface area contributed by atoms with Gasteiger partial charge in [-0.3, -0.25) is 4.79 Å². The molecular weight excluding hydrogens is 364 g/mol. The zero-order chi connectivity index (χ0) is 21.1. The van der Waals surface area contributed by atoms with Crippen LogP contribution in [-0.2, 0) is 19.4 Å². The van der Waals surface area contributed by atoms with Gasteiger partial charge in [0.15, 0.2) is 0 Å². The van der Waals surface area contributed by atoms with Crippen LogP contribution in [0.2, 0.25) is 0 Å². The van der Waals surface area contributed by atoms with E-state index in [1.807, 2.05) is 44.2 Å². The quantitative estimate of drug-likeness (QED) is 0.626. The minimum absolute atomic E-state index is 0.258. The van der Waals surface area contributed by atoms with Gasteiger partial charge in [-0.15, -0.1) is 0 Å². The fraction of sp³-hybridized carbons (Fsp3) is 0.292. The zero-order valence-electron chi connectivity index (χ0n) is 17.5. The molecule has 0 atom stereocenters. The molecule has 0 aliphatic heterocycles. The second-order valence-electron chi connectivity index (χ2n) is 7.25. The third-order valence-electron chi connectivity index (χ3n) is 5.46. The third kappa shape index (κ3) is 3.99. The predicted molar refractivity (Wildman–Crippen MR) is 116 cm³/mol. The molecular formula is C24H28N2O3. The molecule has 5 heteroatoms. The summed E-state index contributed by atoms with van der Waals surface area (Å²) in [7, 11) is 1.65. The number of amides is 1. The number of aromatic nitrogens is 1. The third-order valence-corrected chi connectivity index (χ3v) is 5.46.